The van der Waals surface area contributed by atoms with E-state index < -0.39 is 0 Å². The standard InChI is InChI=1S/C16H29N3O/c1-18-16(13-17)8-3-4-15(16)5-9-19(2)12-14-6-10-20-11-7-14/h14-15,18H,3-12H2,1-2H3. The van der Waals surface area contributed by atoms with Gasteiger partial charge in [-0.1, -0.05) is 6.42 Å². The van der Waals surface area contributed by atoms with Gasteiger partial charge in [0.2, 0.25) is 0 Å². The van der Waals surface area contributed by atoms with Gasteiger partial charge in [0.05, 0.1) is 6.07 Å². The second-order valence-corrected chi connectivity index (χ2v) is 6.53. The quantitative estimate of drug-likeness (QED) is 0.808. The van der Waals surface area contributed by atoms with Crippen LogP contribution < -0.4 is 5.32 Å². The molecule has 1 saturated heterocycles. The zero-order valence-electron chi connectivity index (χ0n) is 13.0. The van der Waals surface area contributed by atoms with Crippen LogP contribution in [0.25, 0.3) is 0 Å². The lowest BCUT2D eigenvalue weighted by Crippen LogP contribution is -2.45. The Bertz CT molecular complexity index is 335. The van der Waals surface area contributed by atoms with Gasteiger partial charge in [0.1, 0.15) is 5.54 Å². The number of rotatable bonds is 6. The van der Waals surface area contributed by atoms with Crippen molar-refractivity contribution < 1.29 is 4.74 Å². The normalized spacial score (nSPS) is 31.6. The number of hydrogen-bond donors (Lipinski definition) is 1. The molecule has 2 rings (SSSR count). The van der Waals surface area contributed by atoms with Crippen molar-refractivity contribution in [2.75, 3.05) is 40.4 Å². The van der Waals surface area contributed by atoms with E-state index in [9.17, 15) is 5.26 Å². The molecule has 0 aromatic heterocycles. The van der Waals surface area contributed by atoms with E-state index in [-0.39, 0.29) is 5.54 Å². The summed E-state index contributed by atoms with van der Waals surface area (Å²) >= 11 is 0. The van der Waals surface area contributed by atoms with Crippen LogP contribution in [0.4, 0.5) is 0 Å². The molecule has 0 spiro atoms. The second kappa shape index (κ2) is 7.40. The molecule has 1 aliphatic carbocycles. The maximum Gasteiger partial charge on any atom is 0.109 e. The van der Waals surface area contributed by atoms with Gasteiger partial charge in [-0.05, 0) is 64.6 Å². The number of ether oxygens (including phenoxy) is 1. The van der Waals surface area contributed by atoms with Crippen molar-refractivity contribution in [3.05, 3.63) is 0 Å². The van der Waals surface area contributed by atoms with E-state index in [1.807, 2.05) is 7.05 Å². The predicted octanol–water partition coefficient (Wildman–Crippen LogP) is 2.02. The predicted molar refractivity (Wildman–Crippen MR) is 80.4 cm³/mol. The monoisotopic (exact) mass is 279 g/mol. The summed E-state index contributed by atoms with van der Waals surface area (Å²) in [5.41, 5.74) is -0.264. The smallest absolute Gasteiger partial charge is 0.109 e. The number of hydrogen-bond acceptors (Lipinski definition) is 4. The van der Waals surface area contributed by atoms with Crippen molar-refractivity contribution in [2.45, 2.75) is 44.1 Å². The van der Waals surface area contributed by atoms with Gasteiger partial charge in [0.25, 0.3) is 0 Å². The highest BCUT2D eigenvalue weighted by Gasteiger charge is 2.41. The molecule has 4 heteroatoms. The first-order chi connectivity index (χ1) is 9.70. The number of nitrogens with zero attached hydrogens (tertiary/aromatic N) is 2. The van der Waals surface area contributed by atoms with Gasteiger partial charge in [-0.3, -0.25) is 0 Å². The van der Waals surface area contributed by atoms with Gasteiger partial charge in [0, 0.05) is 19.8 Å². The Hall–Kier alpha value is -0.630. The van der Waals surface area contributed by atoms with Gasteiger partial charge < -0.3 is 15.0 Å². The molecule has 0 bridgehead atoms. The molecule has 0 aromatic rings. The third kappa shape index (κ3) is 3.72. The molecule has 20 heavy (non-hydrogen) atoms. The fraction of sp³-hybridized carbons (Fsp3) is 0.938. The number of nitrogens with one attached hydrogen (secondary N) is 1. The molecule has 2 unspecified atom stereocenters. The Morgan fingerprint density at radius 2 is 2.10 bits per heavy atom. The first-order valence-corrected chi connectivity index (χ1v) is 8.06. The lowest BCUT2D eigenvalue weighted by atomic mass is 9.86. The third-order valence-electron chi connectivity index (χ3n) is 5.24. The molecular formula is C16H29N3O. The zero-order valence-corrected chi connectivity index (χ0v) is 13.0. The van der Waals surface area contributed by atoms with E-state index in [2.05, 4.69) is 23.3 Å². The summed E-state index contributed by atoms with van der Waals surface area (Å²) in [4.78, 5) is 2.45. The van der Waals surface area contributed by atoms with Crippen molar-refractivity contribution in [1.29, 1.82) is 5.26 Å². The number of nitriles is 1. The molecule has 2 atom stereocenters. The Morgan fingerprint density at radius 3 is 2.75 bits per heavy atom. The summed E-state index contributed by atoms with van der Waals surface area (Å²) in [7, 11) is 4.16. The van der Waals surface area contributed by atoms with E-state index in [1.54, 1.807) is 0 Å². The van der Waals surface area contributed by atoms with E-state index in [0.717, 1.165) is 38.5 Å². The highest BCUT2D eigenvalue weighted by molar-refractivity contribution is 5.13. The van der Waals surface area contributed by atoms with E-state index in [4.69, 9.17) is 4.74 Å². The highest BCUT2D eigenvalue weighted by atomic mass is 16.5. The van der Waals surface area contributed by atoms with Crippen molar-refractivity contribution in [1.82, 2.24) is 10.2 Å². The third-order valence-corrected chi connectivity index (χ3v) is 5.24. The van der Waals surface area contributed by atoms with Gasteiger partial charge in [-0.25, -0.2) is 0 Å². The molecular weight excluding hydrogens is 250 g/mol. The molecule has 2 aliphatic rings. The van der Waals surface area contributed by atoms with Crippen LogP contribution in [0.2, 0.25) is 0 Å². The van der Waals surface area contributed by atoms with Crippen molar-refractivity contribution >= 4 is 0 Å². The molecule has 1 heterocycles. The molecule has 0 aromatic carbocycles. The average molecular weight is 279 g/mol. The van der Waals surface area contributed by atoms with Crippen LogP contribution in [0.5, 0.6) is 0 Å². The Kier molecular flexibility index (Phi) is 5.83. The summed E-state index contributed by atoms with van der Waals surface area (Å²) in [6.07, 6.45) is 6.92. The van der Waals surface area contributed by atoms with Crippen LogP contribution >= 0.6 is 0 Å². The van der Waals surface area contributed by atoms with Crippen LogP contribution in [0.15, 0.2) is 0 Å². The molecule has 1 aliphatic heterocycles. The average Bonchev–Trinajstić information content (AvgIpc) is 2.89. The summed E-state index contributed by atoms with van der Waals surface area (Å²) in [6.45, 7) is 4.14. The zero-order chi connectivity index (χ0) is 14.4. The Labute approximate surface area is 123 Å². The fourth-order valence-electron chi connectivity index (χ4n) is 3.84. The molecule has 4 nitrogen and oxygen atoms in total. The Balaban J connectivity index is 1.75. The van der Waals surface area contributed by atoms with Crippen molar-refractivity contribution in [3.63, 3.8) is 0 Å². The lowest BCUT2D eigenvalue weighted by molar-refractivity contribution is 0.0549. The highest BCUT2D eigenvalue weighted by Crippen LogP contribution is 2.37. The van der Waals surface area contributed by atoms with Crippen molar-refractivity contribution in [2.24, 2.45) is 11.8 Å². The summed E-state index contributed by atoms with van der Waals surface area (Å²) in [5, 5.41) is 12.8. The van der Waals surface area contributed by atoms with Gasteiger partial charge in [-0.2, -0.15) is 5.26 Å². The van der Waals surface area contributed by atoms with E-state index in [1.165, 1.54) is 32.2 Å². The molecule has 1 saturated carbocycles. The maximum atomic E-state index is 9.47. The summed E-state index contributed by atoms with van der Waals surface area (Å²) < 4.78 is 5.42. The first kappa shape index (κ1) is 15.8. The minimum absolute atomic E-state index is 0.264. The van der Waals surface area contributed by atoms with Crippen LogP contribution in [-0.2, 0) is 4.74 Å². The van der Waals surface area contributed by atoms with Gasteiger partial charge in [0.15, 0.2) is 0 Å². The summed E-state index contributed by atoms with van der Waals surface area (Å²) in [6, 6.07) is 2.54. The minimum Gasteiger partial charge on any atom is -0.381 e. The largest absolute Gasteiger partial charge is 0.381 e. The van der Waals surface area contributed by atoms with Crippen LogP contribution in [0.3, 0.4) is 0 Å². The molecule has 0 amide bonds. The SMILES string of the molecule is CNC1(C#N)CCCC1CCN(C)CC1CCOCC1. The van der Waals surface area contributed by atoms with Gasteiger partial charge in [-0.15, -0.1) is 0 Å². The first-order valence-electron chi connectivity index (χ1n) is 8.06. The Morgan fingerprint density at radius 1 is 1.35 bits per heavy atom. The minimum atomic E-state index is -0.264. The topological polar surface area (TPSA) is 48.3 Å². The van der Waals surface area contributed by atoms with Crippen LogP contribution in [-0.4, -0.2) is 50.8 Å². The van der Waals surface area contributed by atoms with E-state index >= 15 is 0 Å². The van der Waals surface area contributed by atoms with Gasteiger partial charge >= 0.3 is 0 Å². The van der Waals surface area contributed by atoms with E-state index in [0.29, 0.717) is 5.92 Å². The summed E-state index contributed by atoms with van der Waals surface area (Å²) in [5.74, 6) is 1.30. The van der Waals surface area contributed by atoms with Crippen LogP contribution in [0, 0.1) is 23.2 Å². The maximum absolute atomic E-state index is 9.47. The van der Waals surface area contributed by atoms with Crippen LogP contribution in [0.1, 0.15) is 38.5 Å². The lowest BCUT2D eigenvalue weighted by Gasteiger charge is -2.31. The fourth-order valence-corrected chi connectivity index (χ4v) is 3.84. The second-order valence-electron chi connectivity index (χ2n) is 6.53. The molecule has 0 radical (unpaired) electrons. The molecule has 2 fully saturated rings. The molecule has 1 N–H and O–H groups in total. The van der Waals surface area contributed by atoms with Crippen molar-refractivity contribution in [3.8, 4) is 6.07 Å². The molecule has 114 valence electrons.